The van der Waals surface area contributed by atoms with E-state index in [1.165, 1.54) is 6.07 Å². The van der Waals surface area contributed by atoms with Crippen LogP contribution in [-0.4, -0.2) is 21.2 Å². The maximum Gasteiger partial charge on any atom is 0.342 e. The van der Waals surface area contributed by atoms with Crippen LogP contribution in [0.4, 0.5) is 0 Å². The number of ether oxygens (including phenoxy) is 1. The van der Waals surface area contributed by atoms with Crippen molar-refractivity contribution < 1.29 is 19.2 Å². The molecule has 0 radical (unpaired) electrons. The maximum absolute atomic E-state index is 12.0. The Morgan fingerprint density at radius 3 is 2.74 bits per heavy atom. The number of carbonyl (C=O) groups excluding carboxylic acids is 1. The van der Waals surface area contributed by atoms with Gasteiger partial charge in [-0.2, -0.15) is 4.98 Å². The molecule has 3 rings (SSSR count). The minimum absolute atomic E-state index is 0.0898. The SMILES string of the molecule is Cc1cccc(C(=O)OCc2nc(-c3ccccc3)no2)c1O. The molecule has 0 amide bonds. The van der Waals surface area contributed by atoms with Gasteiger partial charge < -0.3 is 14.4 Å². The fourth-order valence-electron chi connectivity index (χ4n) is 2.05. The number of phenols is 1. The summed E-state index contributed by atoms with van der Waals surface area (Å²) in [4.78, 5) is 16.2. The first-order chi connectivity index (χ1) is 11.1. The number of nitrogens with zero attached hydrogens (tertiary/aromatic N) is 2. The van der Waals surface area contributed by atoms with Crippen molar-refractivity contribution in [2.45, 2.75) is 13.5 Å². The van der Waals surface area contributed by atoms with E-state index in [0.29, 0.717) is 11.4 Å². The zero-order valence-corrected chi connectivity index (χ0v) is 12.4. The third kappa shape index (κ3) is 3.21. The van der Waals surface area contributed by atoms with Gasteiger partial charge >= 0.3 is 5.97 Å². The lowest BCUT2D eigenvalue weighted by Crippen LogP contribution is -2.06. The van der Waals surface area contributed by atoms with Crippen molar-refractivity contribution >= 4 is 5.97 Å². The first-order valence-corrected chi connectivity index (χ1v) is 6.99. The summed E-state index contributed by atoms with van der Waals surface area (Å²) in [5.74, 6) is -0.127. The molecule has 1 aromatic heterocycles. The first kappa shape index (κ1) is 14.8. The summed E-state index contributed by atoms with van der Waals surface area (Å²) in [5, 5.41) is 13.7. The summed E-state index contributed by atoms with van der Waals surface area (Å²) in [7, 11) is 0. The topological polar surface area (TPSA) is 85.5 Å². The van der Waals surface area contributed by atoms with Crippen molar-refractivity contribution in [3.05, 3.63) is 65.5 Å². The molecule has 0 atom stereocenters. The molecule has 116 valence electrons. The number of aromatic nitrogens is 2. The second-order valence-electron chi connectivity index (χ2n) is 4.92. The highest BCUT2D eigenvalue weighted by molar-refractivity contribution is 5.92. The second-order valence-corrected chi connectivity index (χ2v) is 4.92. The molecule has 0 saturated carbocycles. The van der Waals surface area contributed by atoms with E-state index in [2.05, 4.69) is 10.1 Å². The number of hydrogen-bond acceptors (Lipinski definition) is 6. The molecule has 0 aliphatic rings. The number of aromatic hydroxyl groups is 1. The van der Waals surface area contributed by atoms with E-state index in [0.717, 1.165) is 5.56 Å². The van der Waals surface area contributed by atoms with Crippen molar-refractivity contribution in [2.75, 3.05) is 0 Å². The lowest BCUT2D eigenvalue weighted by Gasteiger charge is -2.05. The molecule has 1 N–H and O–H groups in total. The molecule has 0 aliphatic carbocycles. The van der Waals surface area contributed by atoms with Gasteiger partial charge in [-0.1, -0.05) is 47.6 Å². The van der Waals surface area contributed by atoms with Crippen LogP contribution in [0.5, 0.6) is 5.75 Å². The normalized spacial score (nSPS) is 10.5. The standard InChI is InChI=1S/C17H14N2O4/c1-11-6-5-9-13(15(11)20)17(21)22-10-14-18-16(19-23-14)12-7-3-2-4-8-12/h2-9,20H,10H2,1H3. The summed E-state index contributed by atoms with van der Waals surface area (Å²) in [5.41, 5.74) is 1.52. The molecule has 1 heterocycles. The number of para-hydroxylation sites is 1. The fraction of sp³-hybridized carbons (Fsp3) is 0.118. The average Bonchev–Trinajstić information content (AvgIpc) is 3.05. The van der Waals surface area contributed by atoms with Gasteiger partial charge in [-0.25, -0.2) is 4.79 Å². The van der Waals surface area contributed by atoms with Crippen LogP contribution in [0.2, 0.25) is 0 Å². The van der Waals surface area contributed by atoms with Gasteiger partial charge in [0.15, 0.2) is 6.61 Å². The Labute approximate surface area is 132 Å². The molecule has 0 aliphatic heterocycles. The maximum atomic E-state index is 12.0. The predicted octanol–water partition coefficient (Wildman–Crippen LogP) is 3.11. The Bertz CT molecular complexity index is 828. The number of aryl methyl sites for hydroxylation is 1. The molecule has 23 heavy (non-hydrogen) atoms. The smallest absolute Gasteiger partial charge is 0.342 e. The number of rotatable bonds is 4. The van der Waals surface area contributed by atoms with Crippen molar-refractivity contribution in [3.63, 3.8) is 0 Å². The van der Waals surface area contributed by atoms with E-state index in [-0.39, 0.29) is 23.8 Å². The first-order valence-electron chi connectivity index (χ1n) is 6.99. The van der Waals surface area contributed by atoms with Crippen LogP contribution < -0.4 is 0 Å². The van der Waals surface area contributed by atoms with E-state index in [9.17, 15) is 9.90 Å². The highest BCUT2D eigenvalue weighted by Gasteiger charge is 2.16. The summed E-state index contributed by atoms with van der Waals surface area (Å²) in [6.45, 7) is 1.54. The second kappa shape index (κ2) is 6.31. The third-order valence-electron chi connectivity index (χ3n) is 3.28. The molecule has 6 nitrogen and oxygen atoms in total. The molecule has 0 unspecified atom stereocenters. The Morgan fingerprint density at radius 1 is 1.17 bits per heavy atom. The lowest BCUT2D eigenvalue weighted by molar-refractivity contribution is 0.0426. The van der Waals surface area contributed by atoms with E-state index in [1.807, 2.05) is 30.3 Å². The van der Waals surface area contributed by atoms with Crippen LogP contribution in [0.3, 0.4) is 0 Å². The van der Waals surface area contributed by atoms with Crippen LogP contribution in [0.1, 0.15) is 21.8 Å². The Morgan fingerprint density at radius 2 is 1.96 bits per heavy atom. The van der Waals surface area contributed by atoms with Crippen LogP contribution in [-0.2, 0) is 11.3 Å². The van der Waals surface area contributed by atoms with Crippen molar-refractivity contribution in [3.8, 4) is 17.1 Å². The van der Waals surface area contributed by atoms with E-state index in [1.54, 1.807) is 19.1 Å². The number of hydrogen-bond donors (Lipinski definition) is 1. The largest absolute Gasteiger partial charge is 0.507 e. The van der Waals surface area contributed by atoms with Gasteiger partial charge in [0.05, 0.1) is 0 Å². The minimum atomic E-state index is -0.648. The Hall–Kier alpha value is -3.15. The monoisotopic (exact) mass is 310 g/mol. The van der Waals surface area contributed by atoms with Gasteiger partial charge in [0, 0.05) is 5.56 Å². The molecule has 6 heteroatoms. The summed E-state index contributed by atoms with van der Waals surface area (Å²) in [6, 6.07) is 14.2. The van der Waals surface area contributed by atoms with E-state index >= 15 is 0 Å². The number of benzene rings is 2. The number of carbonyl (C=O) groups is 1. The van der Waals surface area contributed by atoms with Gasteiger partial charge in [0.1, 0.15) is 11.3 Å². The number of phenolic OH excluding ortho intramolecular Hbond substituents is 1. The summed E-state index contributed by atoms with van der Waals surface area (Å²) >= 11 is 0. The highest BCUT2D eigenvalue weighted by Crippen LogP contribution is 2.22. The van der Waals surface area contributed by atoms with Crippen LogP contribution in [0.25, 0.3) is 11.4 Å². The van der Waals surface area contributed by atoms with Gasteiger partial charge in [0.25, 0.3) is 5.89 Å². The molecule has 3 aromatic rings. The molecule has 0 spiro atoms. The highest BCUT2D eigenvalue weighted by atomic mass is 16.6. The quantitative estimate of drug-likeness (QED) is 0.745. The van der Waals surface area contributed by atoms with Gasteiger partial charge in [0.2, 0.25) is 5.82 Å². The van der Waals surface area contributed by atoms with Gasteiger partial charge in [-0.15, -0.1) is 0 Å². The molecule has 2 aromatic carbocycles. The fourth-order valence-corrected chi connectivity index (χ4v) is 2.05. The van der Waals surface area contributed by atoms with Crippen LogP contribution in [0, 0.1) is 6.92 Å². The third-order valence-corrected chi connectivity index (χ3v) is 3.28. The summed E-state index contributed by atoms with van der Waals surface area (Å²) < 4.78 is 10.2. The van der Waals surface area contributed by atoms with Crippen molar-refractivity contribution in [1.29, 1.82) is 0 Å². The molecule has 0 saturated heterocycles. The van der Waals surface area contributed by atoms with E-state index in [4.69, 9.17) is 9.26 Å². The molecular formula is C17H14N2O4. The van der Waals surface area contributed by atoms with Gasteiger partial charge in [-0.3, -0.25) is 0 Å². The van der Waals surface area contributed by atoms with Crippen molar-refractivity contribution in [1.82, 2.24) is 10.1 Å². The number of esters is 1. The summed E-state index contributed by atoms with van der Waals surface area (Å²) in [6.07, 6.45) is 0. The van der Waals surface area contributed by atoms with E-state index < -0.39 is 5.97 Å². The Balaban J connectivity index is 1.68. The Kier molecular flexibility index (Phi) is 4.05. The van der Waals surface area contributed by atoms with Gasteiger partial charge in [-0.05, 0) is 18.6 Å². The zero-order valence-electron chi connectivity index (χ0n) is 12.4. The molecule has 0 fully saturated rings. The minimum Gasteiger partial charge on any atom is -0.507 e. The average molecular weight is 310 g/mol. The molecular weight excluding hydrogens is 296 g/mol. The lowest BCUT2D eigenvalue weighted by atomic mass is 10.1. The predicted molar refractivity (Wildman–Crippen MR) is 81.7 cm³/mol. The zero-order chi connectivity index (χ0) is 16.2. The van der Waals surface area contributed by atoms with Crippen molar-refractivity contribution in [2.24, 2.45) is 0 Å². The van der Waals surface area contributed by atoms with Crippen LogP contribution >= 0.6 is 0 Å². The molecule has 0 bridgehead atoms. The van der Waals surface area contributed by atoms with Crippen LogP contribution in [0.15, 0.2) is 53.1 Å².